The summed E-state index contributed by atoms with van der Waals surface area (Å²) < 4.78 is 45.4. The van der Waals surface area contributed by atoms with E-state index in [-0.39, 0.29) is 11.4 Å². The first kappa shape index (κ1) is 17.8. The third kappa shape index (κ3) is 3.22. The van der Waals surface area contributed by atoms with Crippen molar-refractivity contribution in [2.75, 3.05) is 12.4 Å². The summed E-state index contributed by atoms with van der Waals surface area (Å²) in [5.41, 5.74) is 0.495. The van der Waals surface area contributed by atoms with Crippen LogP contribution in [0.25, 0.3) is 5.65 Å². The number of hydrogen-bond donors (Lipinski definition) is 1. The second-order valence-corrected chi connectivity index (χ2v) is 5.56. The number of amides is 1. The number of benzene rings is 1. The molecule has 0 radical (unpaired) electrons. The summed E-state index contributed by atoms with van der Waals surface area (Å²) in [6.07, 6.45) is -2.34. The van der Waals surface area contributed by atoms with Gasteiger partial charge in [0.1, 0.15) is 5.69 Å². The van der Waals surface area contributed by atoms with Crippen molar-refractivity contribution in [2.45, 2.75) is 19.5 Å². The lowest BCUT2D eigenvalue weighted by Crippen LogP contribution is -2.17. The van der Waals surface area contributed by atoms with E-state index in [2.05, 4.69) is 10.3 Å². The molecule has 0 atom stereocenters. The standard InChI is InChI=1S/C18H16F3N3O2/c1-3-13-15(24-9-5-8-14(26-2)16(24)23-13)17(25)22-12-7-4-6-11(10-12)18(19,20)21/h4-10H,3H2,1-2H3,(H,22,25). The molecule has 3 aromatic rings. The third-order valence-electron chi connectivity index (χ3n) is 3.90. The molecular formula is C18H16F3N3O2. The minimum Gasteiger partial charge on any atom is -0.493 e. The Morgan fingerprint density at radius 2 is 2.04 bits per heavy atom. The van der Waals surface area contributed by atoms with Gasteiger partial charge in [0.25, 0.3) is 5.91 Å². The number of ether oxygens (including phenoxy) is 1. The van der Waals surface area contributed by atoms with E-state index < -0.39 is 17.6 Å². The highest BCUT2D eigenvalue weighted by Gasteiger charge is 2.30. The van der Waals surface area contributed by atoms with E-state index in [1.807, 2.05) is 6.92 Å². The molecule has 1 amide bonds. The maximum Gasteiger partial charge on any atom is 0.416 e. The van der Waals surface area contributed by atoms with Crippen LogP contribution in [0.15, 0.2) is 42.6 Å². The van der Waals surface area contributed by atoms with E-state index in [1.165, 1.54) is 19.2 Å². The van der Waals surface area contributed by atoms with Crippen LogP contribution < -0.4 is 10.1 Å². The summed E-state index contributed by atoms with van der Waals surface area (Å²) in [6.45, 7) is 1.84. The number of carbonyl (C=O) groups is 1. The zero-order valence-electron chi connectivity index (χ0n) is 14.1. The molecule has 5 nitrogen and oxygen atoms in total. The normalized spacial score (nSPS) is 11.6. The first-order valence-electron chi connectivity index (χ1n) is 7.87. The number of aryl methyl sites for hydroxylation is 1. The van der Waals surface area contributed by atoms with Crippen molar-refractivity contribution >= 4 is 17.2 Å². The molecule has 0 aliphatic heterocycles. The third-order valence-corrected chi connectivity index (χ3v) is 3.90. The minimum absolute atomic E-state index is 0.0599. The van der Waals surface area contributed by atoms with Crippen LogP contribution in [0.5, 0.6) is 5.75 Å². The molecule has 0 bridgehead atoms. The second kappa shape index (κ2) is 6.70. The van der Waals surface area contributed by atoms with Crippen LogP contribution in [0.3, 0.4) is 0 Å². The number of imidazole rings is 1. The number of pyridine rings is 1. The van der Waals surface area contributed by atoms with Gasteiger partial charge in [0.15, 0.2) is 11.4 Å². The summed E-state index contributed by atoms with van der Waals surface area (Å²) >= 11 is 0. The summed E-state index contributed by atoms with van der Waals surface area (Å²) in [7, 11) is 1.50. The van der Waals surface area contributed by atoms with Gasteiger partial charge < -0.3 is 10.1 Å². The maximum absolute atomic E-state index is 12.8. The number of rotatable bonds is 4. The number of aromatic nitrogens is 2. The molecule has 1 aromatic carbocycles. The average Bonchev–Trinajstić information content (AvgIpc) is 3.00. The van der Waals surface area contributed by atoms with Crippen LogP contribution in [0.4, 0.5) is 18.9 Å². The lowest BCUT2D eigenvalue weighted by Gasteiger charge is -2.10. The molecule has 0 spiro atoms. The van der Waals surface area contributed by atoms with Crippen molar-refractivity contribution in [2.24, 2.45) is 0 Å². The van der Waals surface area contributed by atoms with Crippen LogP contribution >= 0.6 is 0 Å². The van der Waals surface area contributed by atoms with Crippen molar-refractivity contribution in [1.82, 2.24) is 9.38 Å². The lowest BCUT2D eigenvalue weighted by molar-refractivity contribution is -0.137. The largest absolute Gasteiger partial charge is 0.493 e. The number of nitrogens with zero attached hydrogens (tertiary/aromatic N) is 2. The van der Waals surface area contributed by atoms with Gasteiger partial charge in [-0.15, -0.1) is 0 Å². The minimum atomic E-state index is -4.48. The maximum atomic E-state index is 12.8. The van der Waals surface area contributed by atoms with E-state index in [0.29, 0.717) is 23.5 Å². The van der Waals surface area contributed by atoms with Crippen LogP contribution in [0.1, 0.15) is 28.7 Å². The van der Waals surface area contributed by atoms with E-state index in [4.69, 9.17) is 4.74 Å². The number of carbonyl (C=O) groups excluding carboxylic acids is 1. The van der Waals surface area contributed by atoms with Gasteiger partial charge in [-0.3, -0.25) is 9.20 Å². The van der Waals surface area contributed by atoms with Crippen molar-refractivity contribution in [1.29, 1.82) is 0 Å². The summed E-state index contributed by atoms with van der Waals surface area (Å²) in [5.74, 6) is -0.0396. The molecule has 0 aliphatic carbocycles. The SMILES string of the molecule is CCc1nc2c(OC)cccn2c1C(=O)Nc1cccc(C(F)(F)F)c1. The monoisotopic (exact) mass is 363 g/mol. The van der Waals surface area contributed by atoms with Crippen molar-refractivity contribution in [3.63, 3.8) is 0 Å². The number of fused-ring (bicyclic) bond motifs is 1. The molecule has 0 fully saturated rings. The van der Waals surface area contributed by atoms with Gasteiger partial charge in [-0.1, -0.05) is 13.0 Å². The summed E-state index contributed by atoms with van der Waals surface area (Å²) in [5, 5.41) is 2.52. The van der Waals surface area contributed by atoms with E-state index in [1.54, 1.807) is 22.7 Å². The molecular weight excluding hydrogens is 347 g/mol. The highest BCUT2D eigenvalue weighted by molar-refractivity contribution is 6.04. The van der Waals surface area contributed by atoms with Crippen LogP contribution in [-0.4, -0.2) is 22.4 Å². The molecule has 8 heteroatoms. The summed E-state index contributed by atoms with van der Waals surface area (Å²) in [4.78, 5) is 17.2. The Morgan fingerprint density at radius 1 is 1.27 bits per heavy atom. The number of hydrogen-bond acceptors (Lipinski definition) is 3. The highest BCUT2D eigenvalue weighted by atomic mass is 19.4. The quantitative estimate of drug-likeness (QED) is 0.757. The van der Waals surface area contributed by atoms with E-state index >= 15 is 0 Å². The molecule has 0 aliphatic rings. The van der Waals surface area contributed by atoms with E-state index in [9.17, 15) is 18.0 Å². The van der Waals surface area contributed by atoms with Crippen LogP contribution in [0.2, 0.25) is 0 Å². The fraction of sp³-hybridized carbons (Fsp3) is 0.222. The number of anilines is 1. The zero-order valence-corrected chi connectivity index (χ0v) is 14.1. The van der Waals surface area contributed by atoms with Crippen molar-refractivity contribution in [3.05, 3.63) is 59.5 Å². The molecule has 2 heterocycles. The van der Waals surface area contributed by atoms with Crippen LogP contribution in [-0.2, 0) is 12.6 Å². The molecule has 0 unspecified atom stereocenters. The Hall–Kier alpha value is -3.03. The fourth-order valence-corrected chi connectivity index (χ4v) is 2.70. The Bertz CT molecular complexity index is 964. The smallest absolute Gasteiger partial charge is 0.416 e. The predicted molar refractivity (Wildman–Crippen MR) is 90.5 cm³/mol. The number of halogens is 3. The lowest BCUT2D eigenvalue weighted by atomic mass is 10.2. The van der Waals surface area contributed by atoms with E-state index in [0.717, 1.165) is 12.1 Å². The van der Waals surface area contributed by atoms with Gasteiger partial charge >= 0.3 is 6.18 Å². The van der Waals surface area contributed by atoms with Gasteiger partial charge in [-0.05, 0) is 36.8 Å². The number of alkyl halides is 3. The number of methoxy groups -OCH3 is 1. The molecule has 0 saturated carbocycles. The van der Waals surface area contributed by atoms with Crippen LogP contribution in [0, 0.1) is 0 Å². The second-order valence-electron chi connectivity index (χ2n) is 5.56. The zero-order chi connectivity index (χ0) is 18.9. The molecule has 136 valence electrons. The number of nitrogens with one attached hydrogen (secondary N) is 1. The molecule has 26 heavy (non-hydrogen) atoms. The average molecular weight is 363 g/mol. The van der Waals surface area contributed by atoms with Crippen molar-refractivity contribution in [3.8, 4) is 5.75 Å². The topological polar surface area (TPSA) is 55.6 Å². The predicted octanol–water partition coefficient (Wildman–Crippen LogP) is 4.18. The Morgan fingerprint density at radius 3 is 2.69 bits per heavy atom. The van der Waals surface area contributed by atoms with Gasteiger partial charge in [0.2, 0.25) is 0 Å². The van der Waals surface area contributed by atoms with Gasteiger partial charge in [-0.25, -0.2) is 4.98 Å². The Balaban J connectivity index is 2.01. The first-order valence-corrected chi connectivity index (χ1v) is 7.87. The van der Waals surface area contributed by atoms with Gasteiger partial charge in [-0.2, -0.15) is 13.2 Å². The van der Waals surface area contributed by atoms with Gasteiger partial charge in [0.05, 0.1) is 18.4 Å². The summed E-state index contributed by atoms with van der Waals surface area (Å²) in [6, 6.07) is 7.92. The first-order chi connectivity index (χ1) is 12.3. The van der Waals surface area contributed by atoms with Crippen molar-refractivity contribution < 1.29 is 22.7 Å². The molecule has 0 saturated heterocycles. The Labute approximate surface area is 147 Å². The molecule has 3 rings (SSSR count). The molecule has 1 N–H and O–H groups in total. The highest BCUT2D eigenvalue weighted by Crippen LogP contribution is 2.31. The van der Waals surface area contributed by atoms with Gasteiger partial charge in [0, 0.05) is 11.9 Å². The molecule has 2 aromatic heterocycles. The Kier molecular flexibility index (Phi) is 4.58. The fourth-order valence-electron chi connectivity index (χ4n) is 2.70.